The second kappa shape index (κ2) is 12.6. The summed E-state index contributed by atoms with van der Waals surface area (Å²) in [6.07, 6.45) is 3.88. The molecule has 0 radical (unpaired) electrons. The lowest BCUT2D eigenvalue weighted by atomic mass is 10.0. The quantitative estimate of drug-likeness (QED) is 0.222. The van der Waals surface area contributed by atoms with Gasteiger partial charge in [-0.3, -0.25) is 4.98 Å². The topological polar surface area (TPSA) is 93.5 Å². The summed E-state index contributed by atoms with van der Waals surface area (Å²) in [4.78, 5) is 45.4. The van der Waals surface area contributed by atoms with Gasteiger partial charge in [0.25, 0.3) is 0 Å². The first kappa shape index (κ1) is 32.2. The molecule has 0 N–H and O–H groups in total. The van der Waals surface area contributed by atoms with E-state index in [9.17, 15) is 9.59 Å². The average molecular weight is 629 g/mol. The molecule has 1 aromatic carbocycles. The lowest BCUT2D eigenvalue weighted by Gasteiger charge is -2.41. The Hall–Kier alpha value is -4.24. The van der Waals surface area contributed by atoms with E-state index in [1.54, 1.807) is 21.7 Å². The molecular formula is C35H41ClN6O3. The Labute approximate surface area is 269 Å². The van der Waals surface area contributed by atoms with Crippen LogP contribution in [0.1, 0.15) is 71.2 Å². The van der Waals surface area contributed by atoms with Gasteiger partial charge in [-0.1, -0.05) is 69.3 Å². The van der Waals surface area contributed by atoms with E-state index in [1.807, 2.05) is 64.1 Å². The van der Waals surface area contributed by atoms with Crippen LogP contribution in [0.25, 0.3) is 34.1 Å². The Balaban J connectivity index is 1.75. The number of carbonyl (C=O) groups is 1. The van der Waals surface area contributed by atoms with Crippen LogP contribution in [-0.4, -0.2) is 61.8 Å². The van der Waals surface area contributed by atoms with Gasteiger partial charge < -0.3 is 14.5 Å². The molecule has 0 spiro atoms. The van der Waals surface area contributed by atoms with Crippen molar-refractivity contribution in [2.75, 3.05) is 24.5 Å². The van der Waals surface area contributed by atoms with Gasteiger partial charge in [0.2, 0.25) is 0 Å². The Kier molecular flexibility index (Phi) is 9.03. The normalized spacial score (nSPS) is 15.5. The molecule has 1 aliphatic rings. The molecular weight excluding hydrogens is 588 g/mol. The number of anilines is 1. The van der Waals surface area contributed by atoms with Crippen LogP contribution >= 0.6 is 11.6 Å². The molecule has 1 atom stereocenters. The van der Waals surface area contributed by atoms with Crippen LogP contribution in [0.4, 0.5) is 10.6 Å². The van der Waals surface area contributed by atoms with E-state index in [0.717, 1.165) is 22.4 Å². The van der Waals surface area contributed by atoms with Crippen molar-refractivity contribution in [1.29, 1.82) is 0 Å². The van der Waals surface area contributed by atoms with Gasteiger partial charge in [0.05, 0.1) is 27.5 Å². The van der Waals surface area contributed by atoms with Gasteiger partial charge in [0, 0.05) is 37.4 Å². The highest BCUT2D eigenvalue weighted by atomic mass is 35.5. The summed E-state index contributed by atoms with van der Waals surface area (Å²) in [5, 5.41) is 1.06. The van der Waals surface area contributed by atoms with Gasteiger partial charge >= 0.3 is 11.8 Å². The molecule has 5 rings (SSSR count). The Morgan fingerprint density at radius 1 is 1.18 bits per heavy atom. The van der Waals surface area contributed by atoms with E-state index in [-0.39, 0.29) is 18.1 Å². The average Bonchev–Trinajstić information content (AvgIpc) is 2.99. The largest absolute Gasteiger partial charge is 0.444 e. The highest BCUT2D eigenvalue weighted by molar-refractivity contribution is 6.34. The van der Waals surface area contributed by atoms with Crippen LogP contribution in [0.15, 0.2) is 54.0 Å². The molecule has 10 heteroatoms. The van der Waals surface area contributed by atoms with Gasteiger partial charge in [-0.15, -0.1) is 0 Å². The van der Waals surface area contributed by atoms with Crippen molar-refractivity contribution >= 4 is 40.6 Å². The molecule has 45 heavy (non-hydrogen) atoms. The van der Waals surface area contributed by atoms with Crippen LogP contribution in [0.3, 0.4) is 0 Å². The number of nitrogens with zero attached hydrogens (tertiary/aromatic N) is 6. The fourth-order valence-electron chi connectivity index (χ4n) is 5.85. The molecule has 0 unspecified atom stereocenters. The first-order valence-corrected chi connectivity index (χ1v) is 15.8. The summed E-state index contributed by atoms with van der Waals surface area (Å²) in [6.45, 7) is 19.0. The molecule has 0 saturated carbocycles. The number of piperazine rings is 1. The third-order valence-corrected chi connectivity index (χ3v) is 8.26. The predicted octanol–water partition coefficient (Wildman–Crippen LogP) is 7.27. The third kappa shape index (κ3) is 6.31. The van der Waals surface area contributed by atoms with Gasteiger partial charge in [-0.25, -0.2) is 19.1 Å². The smallest absolute Gasteiger partial charge is 0.410 e. The highest BCUT2D eigenvalue weighted by Crippen LogP contribution is 2.37. The molecule has 236 valence electrons. The third-order valence-electron chi connectivity index (χ3n) is 7.98. The molecule has 9 nitrogen and oxygen atoms in total. The maximum atomic E-state index is 14.3. The van der Waals surface area contributed by atoms with E-state index in [2.05, 4.69) is 32.3 Å². The van der Waals surface area contributed by atoms with E-state index in [0.29, 0.717) is 59.3 Å². The van der Waals surface area contributed by atoms with Crippen LogP contribution in [0.2, 0.25) is 5.02 Å². The lowest BCUT2D eigenvalue weighted by Crippen LogP contribution is -2.55. The van der Waals surface area contributed by atoms with Gasteiger partial charge in [-0.05, 0) is 63.3 Å². The first-order chi connectivity index (χ1) is 21.3. The highest BCUT2D eigenvalue weighted by Gasteiger charge is 2.33. The molecule has 4 heterocycles. The predicted molar refractivity (Wildman–Crippen MR) is 182 cm³/mol. The first-order valence-electron chi connectivity index (χ1n) is 15.4. The second-order valence-corrected chi connectivity index (χ2v) is 13.1. The van der Waals surface area contributed by atoms with Crippen molar-refractivity contribution < 1.29 is 9.53 Å². The van der Waals surface area contributed by atoms with Crippen molar-refractivity contribution in [3.63, 3.8) is 0 Å². The zero-order valence-electron chi connectivity index (χ0n) is 27.1. The maximum absolute atomic E-state index is 14.3. The van der Waals surface area contributed by atoms with E-state index in [4.69, 9.17) is 31.3 Å². The Morgan fingerprint density at radius 2 is 1.91 bits per heavy atom. The van der Waals surface area contributed by atoms with Gasteiger partial charge in [0.15, 0.2) is 5.65 Å². The minimum absolute atomic E-state index is 0.0438. The SMILES string of the molecule is C=Cc1ccccc1-c1nc2c(cc1Cl)c(N1CCN(C(=O)OC(C)(C)C)C[C@@H]1C)nc(=O)n2-c1c(CC)ccnc1C(C)C. The van der Waals surface area contributed by atoms with Crippen LogP contribution in [0, 0.1) is 0 Å². The molecule has 1 aliphatic heterocycles. The number of fused-ring (bicyclic) bond motifs is 1. The number of amides is 1. The number of carbonyl (C=O) groups excluding carboxylic acids is 1. The summed E-state index contributed by atoms with van der Waals surface area (Å²) in [7, 11) is 0. The molecule has 0 aliphatic carbocycles. The minimum atomic E-state index is -0.595. The zero-order valence-corrected chi connectivity index (χ0v) is 27.9. The fourth-order valence-corrected chi connectivity index (χ4v) is 6.10. The standard InChI is InChI=1S/C35H41ClN6O3/c1-9-23-13-11-12-14-25(23)29-27(36)19-26-31(41-18-17-40(20-22(41)5)34(44)45-35(6,7)8)39-33(43)42(32(26)38-29)30-24(10-2)15-16-37-28(30)21(3)4/h9,11-16,19,21-22H,1,10,17-18,20H2,2-8H3/t22-/m0/s1. The minimum Gasteiger partial charge on any atom is -0.444 e. The maximum Gasteiger partial charge on any atom is 0.410 e. The summed E-state index contributed by atoms with van der Waals surface area (Å²) in [5.74, 6) is 0.524. The summed E-state index contributed by atoms with van der Waals surface area (Å²) in [5.41, 5.74) is 4.07. The number of halogens is 1. The van der Waals surface area contributed by atoms with Crippen LogP contribution < -0.4 is 10.6 Å². The van der Waals surface area contributed by atoms with E-state index in [1.165, 1.54) is 0 Å². The molecule has 1 amide bonds. The van der Waals surface area contributed by atoms with Crippen molar-refractivity contribution in [2.24, 2.45) is 0 Å². The van der Waals surface area contributed by atoms with E-state index >= 15 is 0 Å². The molecule has 3 aromatic heterocycles. The summed E-state index contributed by atoms with van der Waals surface area (Å²) >= 11 is 7.01. The lowest BCUT2D eigenvalue weighted by molar-refractivity contribution is 0.0218. The van der Waals surface area contributed by atoms with E-state index < -0.39 is 11.3 Å². The van der Waals surface area contributed by atoms with Crippen molar-refractivity contribution in [3.05, 3.63) is 81.5 Å². The van der Waals surface area contributed by atoms with Crippen LogP contribution in [-0.2, 0) is 11.2 Å². The Morgan fingerprint density at radius 3 is 2.56 bits per heavy atom. The second-order valence-electron chi connectivity index (χ2n) is 12.7. The monoisotopic (exact) mass is 628 g/mol. The zero-order chi connectivity index (χ0) is 32.6. The summed E-state index contributed by atoms with van der Waals surface area (Å²) < 4.78 is 7.22. The molecule has 1 fully saturated rings. The van der Waals surface area contributed by atoms with Crippen molar-refractivity contribution in [1.82, 2.24) is 24.4 Å². The number of aryl methyl sites for hydroxylation is 1. The fraction of sp³-hybridized carbons (Fsp3) is 0.400. The molecule has 4 aromatic rings. The number of rotatable bonds is 6. The number of hydrogen-bond donors (Lipinski definition) is 0. The number of ether oxygens (including phenoxy) is 1. The van der Waals surface area contributed by atoms with Gasteiger partial charge in [0.1, 0.15) is 11.4 Å². The van der Waals surface area contributed by atoms with Crippen molar-refractivity contribution in [2.45, 2.75) is 72.4 Å². The van der Waals surface area contributed by atoms with Crippen molar-refractivity contribution in [3.8, 4) is 16.9 Å². The number of pyridine rings is 2. The van der Waals surface area contributed by atoms with Gasteiger partial charge in [-0.2, -0.15) is 4.98 Å². The van der Waals surface area contributed by atoms with Crippen LogP contribution in [0.5, 0.6) is 0 Å². The molecule has 1 saturated heterocycles. The number of benzene rings is 1. The Bertz CT molecular complexity index is 1830. The number of aromatic nitrogens is 4. The molecule has 0 bridgehead atoms. The number of hydrogen-bond acceptors (Lipinski definition) is 7. The summed E-state index contributed by atoms with van der Waals surface area (Å²) in [6, 6.07) is 11.4.